The highest BCUT2D eigenvalue weighted by Gasteiger charge is 2.29. The smallest absolute Gasteiger partial charge is 0.253 e. The number of ether oxygens (including phenoxy) is 1. The van der Waals surface area contributed by atoms with Crippen molar-refractivity contribution in [1.82, 2.24) is 9.21 Å². The largest absolute Gasteiger partial charge is 0.492 e. The average molecular weight is 494 g/mol. The molecule has 0 atom stereocenters. The summed E-state index contributed by atoms with van der Waals surface area (Å²) < 4.78 is 33.8. The molecule has 1 saturated heterocycles. The molecule has 3 aromatic carbocycles. The normalized spacial score (nSPS) is 14.5. The molecule has 3 aromatic rings. The van der Waals surface area contributed by atoms with Gasteiger partial charge in [-0.2, -0.15) is 4.31 Å². The number of hydrogen-bond donors (Lipinski definition) is 0. The van der Waals surface area contributed by atoms with Crippen LogP contribution in [0.15, 0.2) is 83.8 Å². The molecule has 0 spiro atoms. The quantitative estimate of drug-likeness (QED) is 0.479. The molecule has 1 amide bonds. The number of likely N-dealkylation sites (N-methyl/N-ethyl adjacent to an activating group) is 1. The van der Waals surface area contributed by atoms with Crippen molar-refractivity contribution >= 4 is 21.6 Å². The third kappa shape index (κ3) is 6.01. The summed E-state index contributed by atoms with van der Waals surface area (Å²) in [5.41, 5.74) is 2.53. The molecule has 1 aliphatic rings. The van der Waals surface area contributed by atoms with Crippen LogP contribution >= 0.6 is 0 Å². The molecular formula is C27H31N3O4S. The number of hydrogen-bond acceptors (Lipinski definition) is 5. The van der Waals surface area contributed by atoms with Crippen LogP contribution in [0.5, 0.6) is 5.75 Å². The second-order valence-corrected chi connectivity index (χ2v) is 10.6. The Morgan fingerprint density at radius 1 is 0.914 bits per heavy atom. The van der Waals surface area contributed by atoms with E-state index in [1.165, 1.54) is 10.4 Å². The van der Waals surface area contributed by atoms with Gasteiger partial charge in [0.25, 0.3) is 5.91 Å². The molecule has 0 bridgehead atoms. The number of rotatable bonds is 8. The lowest BCUT2D eigenvalue weighted by atomic mass is 10.2. The summed E-state index contributed by atoms with van der Waals surface area (Å²) in [5.74, 6) is 0.509. The minimum absolute atomic E-state index is 0.140. The van der Waals surface area contributed by atoms with Crippen molar-refractivity contribution < 1.29 is 17.9 Å². The average Bonchev–Trinajstić information content (AvgIpc) is 2.89. The van der Waals surface area contributed by atoms with Crippen LogP contribution in [0.4, 0.5) is 5.69 Å². The summed E-state index contributed by atoms with van der Waals surface area (Å²) in [6.07, 6.45) is 0. The second-order valence-electron chi connectivity index (χ2n) is 8.65. The van der Waals surface area contributed by atoms with Gasteiger partial charge in [0.2, 0.25) is 10.0 Å². The van der Waals surface area contributed by atoms with Gasteiger partial charge in [0.05, 0.1) is 11.4 Å². The Morgan fingerprint density at radius 2 is 1.63 bits per heavy atom. The molecule has 8 heteroatoms. The van der Waals surface area contributed by atoms with Crippen LogP contribution in [0.1, 0.15) is 15.9 Å². The van der Waals surface area contributed by atoms with E-state index in [1.807, 2.05) is 61.5 Å². The van der Waals surface area contributed by atoms with Crippen molar-refractivity contribution in [3.05, 3.63) is 90.0 Å². The summed E-state index contributed by atoms with van der Waals surface area (Å²) in [5, 5.41) is 0. The van der Waals surface area contributed by atoms with Crippen molar-refractivity contribution in [1.29, 1.82) is 0 Å². The SMILES string of the molecule is Cc1cccc(OCCN(C)C(=O)c2cccc(S(=O)(=O)N3CCN(c4ccccc4)CC3)c2)c1. The number of para-hydroxylation sites is 1. The highest BCUT2D eigenvalue weighted by Crippen LogP contribution is 2.22. The van der Waals surface area contributed by atoms with Gasteiger partial charge < -0.3 is 14.5 Å². The van der Waals surface area contributed by atoms with Crippen molar-refractivity contribution in [2.45, 2.75) is 11.8 Å². The van der Waals surface area contributed by atoms with Crippen LogP contribution in [0, 0.1) is 6.92 Å². The molecule has 7 nitrogen and oxygen atoms in total. The molecule has 35 heavy (non-hydrogen) atoms. The van der Waals surface area contributed by atoms with Gasteiger partial charge in [0.1, 0.15) is 12.4 Å². The number of aryl methyl sites for hydroxylation is 1. The standard InChI is InChI=1S/C27H31N3O4S/c1-22-8-6-12-25(20-22)34-19-18-28(2)27(31)23-9-7-13-26(21-23)35(32,33)30-16-14-29(15-17-30)24-10-4-3-5-11-24/h3-13,20-21H,14-19H2,1-2H3. The minimum atomic E-state index is -3.70. The lowest BCUT2D eigenvalue weighted by molar-refractivity contribution is 0.0773. The van der Waals surface area contributed by atoms with Gasteiger partial charge in [-0.3, -0.25) is 4.79 Å². The first kappa shape index (κ1) is 24.8. The first-order valence-electron chi connectivity index (χ1n) is 11.7. The molecule has 0 unspecified atom stereocenters. The molecule has 1 fully saturated rings. The summed E-state index contributed by atoms with van der Waals surface area (Å²) in [6, 6.07) is 24.0. The molecule has 0 saturated carbocycles. The fourth-order valence-corrected chi connectivity index (χ4v) is 5.56. The first-order chi connectivity index (χ1) is 16.8. The Balaban J connectivity index is 1.37. The van der Waals surface area contributed by atoms with Crippen LogP contribution in [-0.4, -0.2) is 69.9 Å². The molecule has 184 valence electrons. The maximum atomic E-state index is 13.3. The maximum absolute atomic E-state index is 13.3. The number of benzene rings is 3. The zero-order valence-corrected chi connectivity index (χ0v) is 20.9. The van der Waals surface area contributed by atoms with Gasteiger partial charge in [-0.05, 0) is 55.0 Å². The minimum Gasteiger partial charge on any atom is -0.492 e. The highest BCUT2D eigenvalue weighted by molar-refractivity contribution is 7.89. The van der Waals surface area contributed by atoms with Gasteiger partial charge in [0.15, 0.2) is 0 Å². The van der Waals surface area contributed by atoms with E-state index < -0.39 is 10.0 Å². The molecular weight excluding hydrogens is 462 g/mol. The topological polar surface area (TPSA) is 70.2 Å². The van der Waals surface area contributed by atoms with E-state index in [9.17, 15) is 13.2 Å². The van der Waals surface area contributed by atoms with Gasteiger partial charge in [-0.25, -0.2) is 8.42 Å². The van der Waals surface area contributed by atoms with Crippen molar-refractivity contribution in [2.75, 3.05) is 51.3 Å². The Hall–Kier alpha value is -3.36. The molecule has 0 aliphatic carbocycles. The predicted molar refractivity (Wildman–Crippen MR) is 137 cm³/mol. The summed E-state index contributed by atoms with van der Waals surface area (Å²) >= 11 is 0. The number of anilines is 1. The van der Waals surface area contributed by atoms with E-state index in [2.05, 4.69) is 4.90 Å². The Kier molecular flexibility index (Phi) is 7.73. The predicted octanol–water partition coefficient (Wildman–Crippen LogP) is 3.66. The lowest BCUT2D eigenvalue weighted by Gasteiger charge is -2.35. The number of carbonyl (C=O) groups excluding carboxylic acids is 1. The number of nitrogens with zero attached hydrogens (tertiary/aromatic N) is 3. The van der Waals surface area contributed by atoms with Crippen molar-refractivity contribution in [2.24, 2.45) is 0 Å². The Morgan fingerprint density at radius 3 is 2.34 bits per heavy atom. The number of carbonyl (C=O) groups is 1. The van der Waals surface area contributed by atoms with Crippen molar-refractivity contribution in [3.63, 3.8) is 0 Å². The molecule has 0 aromatic heterocycles. The van der Waals surface area contributed by atoms with Crippen LogP contribution in [0.2, 0.25) is 0 Å². The zero-order valence-electron chi connectivity index (χ0n) is 20.1. The molecule has 0 radical (unpaired) electrons. The van der Waals surface area contributed by atoms with Crippen LogP contribution in [-0.2, 0) is 10.0 Å². The summed E-state index contributed by atoms with van der Waals surface area (Å²) in [4.78, 5) is 16.8. The number of piperazine rings is 1. The van der Waals surface area contributed by atoms with Crippen LogP contribution in [0.3, 0.4) is 0 Å². The van der Waals surface area contributed by atoms with Gasteiger partial charge in [-0.1, -0.05) is 36.4 Å². The Labute approximate surface area is 207 Å². The van der Waals surface area contributed by atoms with E-state index in [0.717, 1.165) is 17.0 Å². The molecule has 1 heterocycles. The van der Waals surface area contributed by atoms with E-state index >= 15 is 0 Å². The van der Waals surface area contributed by atoms with E-state index in [4.69, 9.17) is 4.74 Å². The monoisotopic (exact) mass is 493 g/mol. The zero-order chi connectivity index (χ0) is 24.8. The highest BCUT2D eigenvalue weighted by atomic mass is 32.2. The molecule has 1 aliphatic heterocycles. The van der Waals surface area contributed by atoms with E-state index in [1.54, 1.807) is 30.1 Å². The number of sulfonamides is 1. The fourth-order valence-electron chi connectivity index (χ4n) is 4.09. The molecule has 4 rings (SSSR count). The maximum Gasteiger partial charge on any atom is 0.253 e. The summed E-state index contributed by atoms with van der Waals surface area (Å²) in [6.45, 7) is 4.74. The number of amides is 1. The summed E-state index contributed by atoms with van der Waals surface area (Å²) in [7, 11) is -2.01. The van der Waals surface area contributed by atoms with Gasteiger partial charge >= 0.3 is 0 Å². The van der Waals surface area contributed by atoms with Crippen LogP contribution < -0.4 is 9.64 Å². The van der Waals surface area contributed by atoms with E-state index in [-0.39, 0.29) is 10.8 Å². The van der Waals surface area contributed by atoms with Crippen molar-refractivity contribution in [3.8, 4) is 5.75 Å². The van der Waals surface area contributed by atoms with Gasteiger partial charge in [-0.15, -0.1) is 0 Å². The fraction of sp³-hybridized carbons (Fsp3) is 0.296. The second kappa shape index (κ2) is 10.9. The van der Waals surface area contributed by atoms with Gasteiger partial charge in [0, 0.05) is 44.5 Å². The Bertz CT molecular complexity index is 1260. The van der Waals surface area contributed by atoms with Crippen LogP contribution in [0.25, 0.3) is 0 Å². The third-order valence-electron chi connectivity index (χ3n) is 6.11. The third-order valence-corrected chi connectivity index (χ3v) is 8.01. The molecule has 0 N–H and O–H groups in total. The lowest BCUT2D eigenvalue weighted by Crippen LogP contribution is -2.48. The van der Waals surface area contributed by atoms with E-state index in [0.29, 0.717) is 44.9 Å². The first-order valence-corrected chi connectivity index (χ1v) is 13.1.